The van der Waals surface area contributed by atoms with Crippen molar-refractivity contribution in [2.24, 2.45) is 40.4 Å². The van der Waals surface area contributed by atoms with Crippen molar-refractivity contribution in [2.75, 3.05) is 6.61 Å². The van der Waals surface area contributed by atoms with Crippen molar-refractivity contribution >= 4 is 23.3 Å². The molecule has 2 saturated carbocycles. The fourth-order valence-electron chi connectivity index (χ4n) is 7.42. The summed E-state index contributed by atoms with van der Waals surface area (Å²) in [6.45, 7) is 12.4. The lowest BCUT2D eigenvalue weighted by atomic mass is 9.62. The first-order valence-corrected chi connectivity index (χ1v) is 12.5. The maximum atomic E-state index is 14.2. The lowest BCUT2D eigenvalue weighted by Gasteiger charge is -2.40. The fraction of sp³-hybridized carbons (Fsp3) is 0.654. The number of fused-ring (bicyclic) bond motifs is 3. The number of ether oxygens (including phenoxy) is 1. The van der Waals surface area contributed by atoms with Gasteiger partial charge in [-0.15, -0.1) is 0 Å². The number of aliphatic hydroxyl groups is 1. The Labute approximate surface area is 194 Å². The average molecular weight is 456 g/mol. The van der Waals surface area contributed by atoms with Crippen molar-refractivity contribution in [3.63, 3.8) is 0 Å². The maximum Gasteiger partial charge on any atom is 0.341 e. The van der Waals surface area contributed by atoms with Gasteiger partial charge in [0.25, 0.3) is 0 Å². The Balaban J connectivity index is 1.56. The van der Waals surface area contributed by atoms with Crippen molar-refractivity contribution < 1.29 is 19.4 Å². The summed E-state index contributed by atoms with van der Waals surface area (Å²) in [5.41, 5.74) is 2.58. The molecule has 2 bridgehead atoms. The van der Waals surface area contributed by atoms with Crippen LogP contribution in [-0.2, 0) is 9.53 Å². The van der Waals surface area contributed by atoms with E-state index in [-0.39, 0.29) is 41.5 Å². The summed E-state index contributed by atoms with van der Waals surface area (Å²) in [6.07, 6.45) is 5.31. The third-order valence-corrected chi connectivity index (χ3v) is 9.99. The lowest BCUT2D eigenvalue weighted by molar-refractivity contribution is -0.135. The van der Waals surface area contributed by atoms with E-state index in [4.69, 9.17) is 4.74 Å². The molecule has 1 N–H and O–H groups in total. The molecule has 0 amide bonds. The summed E-state index contributed by atoms with van der Waals surface area (Å²) in [6, 6.07) is 0. The number of ketones is 1. The van der Waals surface area contributed by atoms with E-state index in [0.717, 1.165) is 22.4 Å². The van der Waals surface area contributed by atoms with Gasteiger partial charge < -0.3 is 9.84 Å². The minimum absolute atomic E-state index is 0.0606. The third-order valence-electron chi connectivity index (χ3n) is 9.14. The van der Waals surface area contributed by atoms with Gasteiger partial charge in [-0.1, -0.05) is 32.9 Å². The Hall–Kier alpha value is -1.79. The van der Waals surface area contributed by atoms with Crippen molar-refractivity contribution in [3.8, 4) is 0 Å². The Kier molecular flexibility index (Phi) is 4.89. The van der Waals surface area contributed by atoms with Gasteiger partial charge in [-0.25, -0.2) is 4.79 Å². The smallest absolute Gasteiger partial charge is 0.341 e. The number of aryl methyl sites for hydroxylation is 2. The number of carbonyl (C=O) groups is 2. The second-order valence-electron chi connectivity index (χ2n) is 11.1. The molecule has 1 aromatic rings. The molecule has 0 radical (unpaired) electrons. The molecule has 1 heterocycles. The van der Waals surface area contributed by atoms with E-state index in [1.807, 2.05) is 20.8 Å². The van der Waals surface area contributed by atoms with E-state index in [2.05, 4.69) is 37.3 Å². The molecule has 7 atom stereocenters. The summed E-state index contributed by atoms with van der Waals surface area (Å²) in [5.74, 6) is 0.556. The SMILES string of the molecule is CC1=CC23C(=O)[C@@H](C=C(CO)C[C@@H]2[C@H]1OC(=O)c1c(C)nsc1C)C1[C@@H](CC3C)C1(C)C. The highest BCUT2D eigenvalue weighted by atomic mass is 32.1. The minimum Gasteiger partial charge on any atom is -0.454 e. The first-order chi connectivity index (χ1) is 15.0. The Bertz CT molecular complexity index is 1050. The van der Waals surface area contributed by atoms with Crippen LogP contribution in [0.25, 0.3) is 0 Å². The number of aliphatic hydroxyl groups excluding tert-OH is 1. The van der Waals surface area contributed by atoms with Crippen LogP contribution >= 0.6 is 11.5 Å². The summed E-state index contributed by atoms with van der Waals surface area (Å²) < 4.78 is 10.4. The number of allylic oxidation sites excluding steroid dienone is 2. The largest absolute Gasteiger partial charge is 0.454 e. The number of rotatable bonds is 3. The van der Waals surface area contributed by atoms with Gasteiger partial charge >= 0.3 is 5.97 Å². The first-order valence-electron chi connectivity index (χ1n) is 11.7. The van der Waals surface area contributed by atoms with Crippen molar-refractivity contribution in [1.82, 2.24) is 4.37 Å². The number of hydrogen-bond acceptors (Lipinski definition) is 6. The highest BCUT2D eigenvalue weighted by molar-refractivity contribution is 7.06. The molecule has 5 nitrogen and oxygen atoms in total. The normalized spacial score (nSPS) is 39.3. The third kappa shape index (κ3) is 2.81. The Morgan fingerprint density at radius 2 is 2.00 bits per heavy atom. The molecule has 2 fully saturated rings. The average Bonchev–Trinajstić information content (AvgIpc) is 3.00. The minimum atomic E-state index is -0.645. The zero-order valence-corrected chi connectivity index (χ0v) is 20.6. The van der Waals surface area contributed by atoms with Gasteiger partial charge in [0, 0.05) is 16.7 Å². The van der Waals surface area contributed by atoms with Crippen LogP contribution in [0.15, 0.2) is 23.3 Å². The summed E-state index contributed by atoms with van der Waals surface area (Å²) in [5, 5.41) is 10.2. The molecule has 4 aliphatic rings. The molecule has 6 heteroatoms. The van der Waals surface area contributed by atoms with E-state index < -0.39 is 11.5 Å². The standard InChI is InChI=1S/C26H33NO4S/c1-12-10-26-13(2)7-18-21(25(18,5)6)17(23(26)29)8-16(11-28)9-19(26)22(12)31-24(30)20-14(3)27-32-15(20)4/h8,10,13,17-19,21-22,28H,7,9,11H2,1-6H3/t13?,17-,18+,19+,21?,22-,26?/m0/s1. The second-order valence-corrected chi connectivity index (χ2v) is 12.1. The summed E-state index contributed by atoms with van der Waals surface area (Å²) in [4.78, 5) is 28.3. The van der Waals surface area contributed by atoms with E-state index in [1.165, 1.54) is 11.5 Å². The molecule has 5 rings (SSSR count). The number of hydrogen-bond donors (Lipinski definition) is 1. The van der Waals surface area contributed by atoms with Gasteiger partial charge in [0.15, 0.2) is 5.78 Å². The number of esters is 1. The predicted molar refractivity (Wildman–Crippen MR) is 123 cm³/mol. The van der Waals surface area contributed by atoms with Gasteiger partial charge in [-0.3, -0.25) is 4.79 Å². The van der Waals surface area contributed by atoms with Crippen LogP contribution in [0.2, 0.25) is 0 Å². The van der Waals surface area contributed by atoms with Gasteiger partial charge in [0.1, 0.15) is 6.10 Å². The van der Waals surface area contributed by atoms with Crippen molar-refractivity contribution in [2.45, 2.75) is 60.5 Å². The van der Waals surface area contributed by atoms with Crippen LogP contribution < -0.4 is 0 Å². The molecule has 0 aromatic carbocycles. The number of carbonyl (C=O) groups excluding carboxylic acids is 2. The second kappa shape index (κ2) is 7.10. The van der Waals surface area contributed by atoms with E-state index in [0.29, 0.717) is 29.5 Å². The van der Waals surface area contributed by atoms with Crippen LogP contribution in [0.5, 0.6) is 0 Å². The van der Waals surface area contributed by atoms with Gasteiger partial charge in [-0.2, -0.15) is 4.37 Å². The topological polar surface area (TPSA) is 76.5 Å². The molecule has 1 spiro atoms. The molecule has 0 saturated heterocycles. The Morgan fingerprint density at radius 1 is 1.28 bits per heavy atom. The van der Waals surface area contributed by atoms with Crippen LogP contribution in [0.1, 0.15) is 61.5 Å². The van der Waals surface area contributed by atoms with E-state index in [1.54, 1.807) is 0 Å². The fourth-order valence-corrected chi connectivity index (χ4v) is 8.10. The van der Waals surface area contributed by atoms with Gasteiger partial charge in [-0.05, 0) is 79.5 Å². The van der Waals surface area contributed by atoms with Crippen LogP contribution in [0.4, 0.5) is 0 Å². The predicted octanol–water partition coefficient (Wildman–Crippen LogP) is 4.67. The first kappa shape index (κ1) is 22.0. The van der Waals surface area contributed by atoms with E-state index >= 15 is 0 Å². The molecule has 0 aliphatic heterocycles. The highest BCUT2D eigenvalue weighted by Gasteiger charge is 2.70. The number of nitrogens with zero attached hydrogens (tertiary/aromatic N) is 1. The van der Waals surface area contributed by atoms with Gasteiger partial charge in [0.2, 0.25) is 0 Å². The van der Waals surface area contributed by atoms with Crippen LogP contribution in [-0.4, -0.2) is 33.9 Å². The molecule has 1 aromatic heterocycles. The number of Topliss-reactive ketones (excluding diaryl/α,β-unsaturated/α-hetero) is 1. The quantitative estimate of drug-likeness (QED) is 0.530. The Morgan fingerprint density at radius 3 is 2.62 bits per heavy atom. The molecular weight excluding hydrogens is 422 g/mol. The molecule has 4 aliphatic carbocycles. The molecular formula is C26H33NO4S. The number of aromatic nitrogens is 1. The van der Waals surface area contributed by atoms with Crippen molar-refractivity contribution in [1.29, 1.82) is 0 Å². The maximum absolute atomic E-state index is 14.2. The molecule has 32 heavy (non-hydrogen) atoms. The molecule has 172 valence electrons. The van der Waals surface area contributed by atoms with E-state index in [9.17, 15) is 14.7 Å². The monoisotopic (exact) mass is 455 g/mol. The summed E-state index contributed by atoms with van der Waals surface area (Å²) >= 11 is 1.31. The van der Waals surface area contributed by atoms with Crippen LogP contribution in [0.3, 0.4) is 0 Å². The zero-order chi connectivity index (χ0) is 23.2. The highest BCUT2D eigenvalue weighted by Crippen LogP contribution is 2.71. The van der Waals surface area contributed by atoms with Gasteiger partial charge in [0.05, 0.1) is 23.3 Å². The van der Waals surface area contributed by atoms with Crippen LogP contribution in [0, 0.1) is 54.3 Å². The summed E-state index contributed by atoms with van der Waals surface area (Å²) in [7, 11) is 0. The lowest BCUT2D eigenvalue weighted by Crippen LogP contribution is -2.46. The van der Waals surface area contributed by atoms with Crippen molar-refractivity contribution in [3.05, 3.63) is 39.4 Å². The molecule has 3 unspecified atom stereocenters. The zero-order valence-electron chi connectivity index (χ0n) is 19.8.